The largest absolute Gasteiger partial charge is 0.483 e. The first-order valence-corrected chi connectivity index (χ1v) is 10.1. The molecule has 0 unspecified atom stereocenters. The van der Waals surface area contributed by atoms with Crippen LogP contribution >= 0.6 is 0 Å². The maximum atomic E-state index is 12.4. The number of hydrogen-bond acceptors (Lipinski definition) is 5. The molecule has 7 heteroatoms. The van der Waals surface area contributed by atoms with Crippen molar-refractivity contribution in [2.45, 2.75) is 58.9 Å². The van der Waals surface area contributed by atoms with Crippen LogP contribution in [0.3, 0.4) is 0 Å². The highest BCUT2D eigenvalue weighted by Gasteiger charge is 2.25. The van der Waals surface area contributed by atoms with Crippen molar-refractivity contribution in [1.29, 1.82) is 0 Å². The Balaban J connectivity index is 1.79. The molecule has 1 aliphatic carbocycles. The zero-order chi connectivity index (χ0) is 21.1. The zero-order valence-electron chi connectivity index (χ0n) is 17.0. The molecule has 1 aromatic carbocycles. The van der Waals surface area contributed by atoms with E-state index in [0.717, 1.165) is 42.2 Å². The lowest BCUT2D eigenvalue weighted by Crippen LogP contribution is -2.46. The van der Waals surface area contributed by atoms with Crippen LogP contribution in [0.2, 0.25) is 0 Å². The Labute approximate surface area is 169 Å². The number of ether oxygens (including phenoxy) is 1. The number of carbonyl (C=O) groups is 2. The Kier molecular flexibility index (Phi) is 6.25. The van der Waals surface area contributed by atoms with Crippen LogP contribution in [-0.4, -0.2) is 29.6 Å². The van der Waals surface area contributed by atoms with E-state index in [1.807, 2.05) is 13.0 Å². The van der Waals surface area contributed by atoms with Crippen LogP contribution in [0.5, 0.6) is 5.75 Å². The van der Waals surface area contributed by atoms with Gasteiger partial charge in [0.25, 0.3) is 5.91 Å². The fraction of sp³-hybridized carbons (Fsp3) is 0.500. The van der Waals surface area contributed by atoms with Gasteiger partial charge < -0.3 is 19.6 Å². The Morgan fingerprint density at radius 3 is 2.59 bits per heavy atom. The Morgan fingerprint density at radius 2 is 1.93 bits per heavy atom. The lowest BCUT2D eigenvalue weighted by molar-refractivity contribution is -0.143. The van der Waals surface area contributed by atoms with Crippen LogP contribution < -0.4 is 15.7 Å². The summed E-state index contributed by atoms with van der Waals surface area (Å²) in [5.41, 5.74) is 2.64. The number of hydrogen-bond donors (Lipinski definition) is 2. The number of fused-ring (bicyclic) bond motifs is 3. The first-order valence-electron chi connectivity index (χ1n) is 10.1. The van der Waals surface area contributed by atoms with E-state index in [0.29, 0.717) is 23.3 Å². The highest BCUT2D eigenvalue weighted by molar-refractivity contribution is 5.87. The summed E-state index contributed by atoms with van der Waals surface area (Å²) in [6.07, 6.45) is 4.26. The first kappa shape index (κ1) is 20.9. The molecule has 0 saturated heterocycles. The van der Waals surface area contributed by atoms with Crippen LogP contribution in [0.1, 0.15) is 49.8 Å². The molecule has 1 aliphatic rings. The molecule has 0 fully saturated rings. The molecular formula is C22H27NO6. The highest BCUT2D eigenvalue weighted by Crippen LogP contribution is 2.32. The van der Waals surface area contributed by atoms with Crippen molar-refractivity contribution in [2.75, 3.05) is 6.61 Å². The van der Waals surface area contributed by atoms with Crippen LogP contribution in [0.25, 0.3) is 11.0 Å². The van der Waals surface area contributed by atoms with E-state index in [1.54, 1.807) is 19.9 Å². The highest BCUT2D eigenvalue weighted by atomic mass is 16.5. The zero-order valence-corrected chi connectivity index (χ0v) is 17.0. The van der Waals surface area contributed by atoms with E-state index < -0.39 is 17.9 Å². The molecule has 1 amide bonds. The Bertz CT molecular complexity index is 993. The van der Waals surface area contributed by atoms with Gasteiger partial charge >= 0.3 is 11.6 Å². The molecule has 0 saturated carbocycles. The minimum atomic E-state index is -1.07. The molecule has 0 bridgehead atoms. The van der Waals surface area contributed by atoms with Gasteiger partial charge in [0, 0.05) is 16.5 Å². The van der Waals surface area contributed by atoms with E-state index >= 15 is 0 Å². The van der Waals surface area contributed by atoms with Crippen molar-refractivity contribution >= 4 is 22.8 Å². The van der Waals surface area contributed by atoms with Crippen molar-refractivity contribution in [2.24, 2.45) is 5.92 Å². The van der Waals surface area contributed by atoms with Gasteiger partial charge in [-0.25, -0.2) is 9.59 Å². The second kappa shape index (κ2) is 8.68. The fourth-order valence-corrected chi connectivity index (χ4v) is 3.82. The summed E-state index contributed by atoms with van der Waals surface area (Å²) >= 11 is 0. The Hall–Kier alpha value is -2.83. The van der Waals surface area contributed by atoms with Crippen molar-refractivity contribution < 1.29 is 23.8 Å². The molecule has 2 N–H and O–H groups in total. The number of carboxylic acids is 1. The molecule has 0 radical (unpaired) electrons. The van der Waals surface area contributed by atoms with Gasteiger partial charge in [0.1, 0.15) is 17.4 Å². The van der Waals surface area contributed by atoms with E-state index in [9.17, 15) is 19.5 Å². The summed E-state index contributed by atoms with van der Waals surface area (Å²) in [5, 5.41) is 12.7. The van der Waals surface area contributed by atoms with Gasteiger partial charge in [-0.1, -0.05) is 20.3 Å². The number of aliphatic carboxylic acids is 1. The minimum Gasteiger partial charge on any atom is -0.483 e. The van der Waals surface area contributed by atoms with Gasteiger partial charge in [-0.2, -0.15) is 0 Å². The normalized spacial score (nSPS) is 15.4. The molecule has 7 nitrogen and oxygen atoms in total. The molecular weight excluding hydrogens is 374 g/mol. The molecule has 3 rings (SSSR count). The molecule has 2 atom stereocenters. The second-order valence-electron chi connectivity index (χ2n) is 7.68. The molecule has 0 aliphatic heterocycles. The summed E-state index contributed by atoms with van der Waals surface area (Å²) in [6.45, 7) is 5.11. The monoisotopic (exact) mass is 401 g/mol. The summed E-state index contributed by atoms with van der Waals surface area (Å²) < 4.78 is 11.2. The van der Waals surface area contributed by atoms with Gasteiger partial charge in [0.15, 0.2) is 6.61 Å². The van der Waals surface area contributed by atoms with Crippen LogP contribution in [-0.2, 0) is 22.4 Å². The SMILES string of the molecule is CC[C@@H](C)[C@H](NC(=O)COc1ccc2c3c(c(=O)oc2c1C)CCCC3)C(=O)O. The number of carbonyl (C=O) groups excluding carboxylic acids is 1. The lowest BCUT2D eigenvalue weighted by atomic mass is 9.90. The van der Waals surface area contributed by atoms with Crippen LogP contribution in [0.15, 0.2) is 21.3 Å². The van der Waals surface area contributed by atoms with Crippen molar-refractivity contribution in [3.63, 3.8) is 0 Å². The van der Waals surface area contributed by atoms with E-state index in [4.69, 9.17) is 9.15 Å². The van der Waals surface area contributed by atoms with Gasteiger partial charge in [0.2, 0.25) is 0 Å². The summed E-state index contributed by atoms with van der Waals surface area (Å²) in [4.78, 5) is 35.9. The average Bonchev–Trinajstić information content (AvgIpc) is 2.71. The number of carboxylic acid groups (broad SMARTS) is 1. The summed E-state index contributed by atoms with van der Waals surface area (Å²) in [5.74, 6) is -1.34. The van der Waals surface area contributed by atoms with Gasteiger partial charge in [0.05, 0.1) is 0 Å². The second-order valence-corrected chi connectivity index (χ2v) is 7.68. The topological polar surface area (TPSA) is 106 Å². The smallest absolute Gasteiger partial charge is 0.339 e. The first-order chi connectivity index (χ1) is 13.8. The van der Waals surface area contributed by atoms with Crippen molar-refractivity contribution in [3.8, 4) is 5.75 Å². The maximum absolute atomic E-state index is 12.4. The fourth-order valence-electron chi connectivity index (χ4n) is 3.82. The Morgan fingerprint density at radius 1 is 1.24 bits per heavy atom. The summed E-state index contributed by atoms with van der Waals surface area (Å²) in [6, 6.07) is 2.67. The van der Waals surface area contributed by atoms with Gasteiger partial charge in [-0.05, 0) is 56.2 Å². The van der Waals surface area contributed by atoms with E-state index in [-0.39, 0.29) is 18.2 Å². The van der Waals surface area contributed by atoms with Crippen molar-refractivity contribution in [1.82, 2.24) is 5.32 Å². The number of amides is 1. The van der Waals surface area contributed by atoms with E-state index in [1.165, 1.54) is 0 Å². The lowest BCUT2D eigenvalue weighted by Gasteiger charge is -2.20. The predicted molar refractivity (Wildman–Crippen MR) is 108 cm³/mol. The van der Waals surface area contributed by atoms with Crippen LogP contribution in [0.4, 0.5) is 0 Å². The van der Waals surface area contributed by atoms with Gasteiger partial charge in [-0.3, -0.25) is 4.79 Å². The number of benzene rings is 1. The van der Waals surface area contributed by atoms with E-state index in [2.05, 4.69) is 5.32 Å². The standard InChI is InChI=1S/C22H27NO6/c1-4-12(2)19(21(25)26)23-18(24)11-28-17-10-9-15-14-7-5-6-8-16(14)22(27)29-20(15)13(17)3/h9-10,12,19H,4-8,11H2,1-3H3,(H,23,24)(H,25,26)/t12-,19+/m1/s1. The predicted octanol–water partition coefficient (Wildman–Crippen LogP) is 2.97. The summed E-state index contributed by atoms with van der Waals surface area (Å²) in [7, 11) is 0. The molecule has 2 aromatic rings. The average molecular weight is 401 g/mol. The molecule has 1 aromatic heterocycles. The quantitative estimate of drug-likeness (QED) is 0.691. The third-order valence-electron chi connectivity index (χ3n) is 5.74. The minimum absolute atomic E-state index is 0.195. The van der Waals surface area contributed by atoms with Crippen LogP contribution in [0, 0.1) is 12.8 Å². The number of nitrogens with one attached hydrogen (secondary N) is 1. The molecule has 0 spiro atoms. The molecule has 1 heterocycles. The third kappa shape index (κ3) is 4.28. The number of aryl methyl sites for hydroxylation is 2. The van der Waals surface area contributed by atoms with Gasteiger partial charge in [-0.15, -0.1) is 0 Å². The maximum Gasteiger partial charge on any atom is 0.339 e. The third-order valence-corrected chi connectivity index (χ3v) is 5.74. The molecule has 156 valence electrons. The number of rotatable bonds is 7. The van der Waals surface area contributed by atoms with Crippen molar-refractivity contribution in [3.05, 3.63) is 39.2 Å². The molecule has 29 heavy (non-hydrogen) atoms.